The third kappa shape index (κ3) is 2.88. The van der Waals surface area contributed by atoms with Crippen molar-refractivity contribution in [3.05, 3.63) is 27.2 Å². The number of piperidine rings is 1. The van der Waals surface area contributed by atoms with Crippen LogP contribution in [0.5, 0.6) is 0 Å². The molecule has 0 atom stereocenters. The topological polar surface area (TPSA) is 51.9 Å². The lowest BCUT2D eigenvalue weighted by Gasteiger charge is -2.23. The van der Waals surface area contributed by atoms with Gasteiger partial charge in [0.25, 0.3) is 0 Å². The first-order valence-corrected chi connectivity index (χ1v) is 6.91. The van der Waals surface area contributed by atoms with Crippen molar-refractivity contribution >= 4 is 51.9 Å². The number of nitrogens with zero attached hydrogens (tertiary/aromatic N) is 3. The number of hydrogen-bond acceptors (Lipinski definition) is 3. The highest BCUT2D eigenvalue weighted by atomic mass is 79.9. The maximum atomic E-state index is 12.3. The Morgan fingerprint density at radius 1 is 1.35 bits per heavy atom. The molecule has 1 N–H and O–H groups in total. The average molecular weight is 384 g/mol. The van der Waals surface area contributed by atoms with Gasteiger partial charge in [0, 0.05) is 23.8 Å². The molecule has 5 nitrogen and oxygen atoms in total. The number of fused-ring (bicyclic) bond motifs is 1. The maximum absolute atomic E-state index is 12.3. The van der Waals surface area contributed by atoms with E-state index in [-0.39, 0.29) is 36.5 Å². The van der Waals surface area contributed by atoms with Crippen LogP contribution in [0.4, 0.5) is 0 Å². The molecule has 2 aromatic rings. The van der Waals surface area contributed by atoms with E-state index in [9.17, 15) is 4.79 Å². The minimum Gasteiger partial charge on any atom is -0.317 e. The number of rotatable bonds is 1. The molecule has 1 fully saturated rings. The molecule has 0 amide bonds. The Morgan fingerprint density at radius 3 is 2.65 bits per heavy atom. The lowest BCUT2D eigenvalue weighted by molar-refractivity contribution is 0.364. The molecule has 0 unspecified atom stereocenters. The molecule has 2 aromatic heterocycles. The van der Waals surface area contributed by atoms with Crippen LogP contribution in [0.15, 0.2) is 21.5 Å². The van der Waals surface area contributed by atoms with Gasteiger partial charge in [0.2, 0.25) is 0 Å². The summed E-state index contributed by atoms with van der Waals surface area (Å²) in [4.78, 5) is 16.8. The van der Waals surface area contributed by atoms with Crippen LogP contribution in [-0.4, -0.2) is 27.2 Å². The van der Waals surface area contributed by atoms with Crippen molar-refractivity contribution in [3.63, 3.8) is 0 Å². The number of hydrogen-bond donors (Lipinski definition) is 1. The highest BCUT2D eigenvalue weighted by Gasteiger charge is 2.21. The molecule has 8 heteroatoms. The van der Waals surface area contributed by atoms with Crippen LogP contribution in [0.2, 0.25) is 0 Å². The Bertz CT molecular complexity index is 649. The second kappa shape index (κ2) is 6.93. The van der Waals surface area contributed by atoms with Crippen LogP contribution < -0.4 is 11.0 Å². The van der Waals surface area contributed by atoms with Crippen LogP contribution in [0.1, 0.15) is 18.9 Å². The van der Waals surface area contributed by atoms with E-state index in [1.165, 1.54) is 0 Å². The van der Waals surface area contributed by atoms with Crippen molar-refractivity contribution in [1.29, 1.82) is 0 Å². The summed E-state index contributed by atoms with van der Waals surface area (Å²) in [7, 11) is 1.80. The summed E-state index contributed by atoms with van der Waals surface area (Å²) in [5.41, 5.74) is 1.70. The maximum Gasteiger partial charge on any atom is 0.330 e. The number of pyridine rings is 1. The van der Waals surface area contributed by atoms with Gasteiger partial charge in [0.1, 0.15) is 0 Å². The van der Waals surface area contributed by atoms with Gasteiger partial charge in [-0.2, -0.15) is 0 Å². The van der Waals surface area contributed by atoms with E-state index in [1.54, 1.807) is 17.8 Å². The molecule has 3 heterocycles. The minimum atomic E-state index is 0. The fraction of sp³-hybridized carbons (Fsp3) is 0.500. The molecule has 0 aromatic carbocycles. The Labute approximate surface area is 137 Å². The second-order valence-electron chi connectivity index (χ2n) is 4.69. The quantitative estimate of drug-likeness (QED) is 0.821. The van der Waals surface area contributed by atoms with E-state index >= 15 is 0 Å². The lowest BCUT2D eigenvalue weighted by Crippen LogP contribution is -2.34. The average Bonchev–Trinajstić information content (AvgIpc) is 2.64. The predicted octanol–water partition coefficient (Wildman–Crippen LogP) is 2.27. The number of halogens is 3. The standard InChI is InChI=1S/C12H15BrN4O.2ClH/c1-16-10-6-8(13)7-15-11(10)17(12(16)18)9-2-4-14-5-3-9;;/h6-7,9,14H,2-5H2,1H3;2*1H. The molecule has 1 aliphatic rings. The fourth-order valence-corrected chi connectivity index (χ4v) is 2.92. The Kier molecular flexibility index (Phi) is 6.06. The van der Waals surface area contributed by atoms with Crippen molar-refractivity contribution in [1.82, 2.24) is 19.4 Å². The first-order valence-electron chi connectivity index (χ1n) is 6.11. The molecule has 1 aliphatic heterocycles. The Morgan fingerprint density at radius 2 is 2.00 bits per heavy atom. The number of aromatic nitrogens is 3. The number of imidazole rings is 1. The van der Waals surface area contributed by atoms with Gasteiger partial charge < -0.3 is 5.32 Å². The van der Waals surface area contributed by atoms with E-state index in [0.29, 0.717) is 0 Å². The molecule has 3 rings (SSSR count). The molecule has 1 saturated heterocycles. The molecule has 112 valence electrons. The molecule has 0 radical (unpaired) electrons. The first-order chi connectivity index (χ1) is 8.68. The minimum absolute atomic E-state index is 0. The normalized spacial score (nSPS) is 15.7. The van der Waals surface area contributed by atoms with Crippen molar-refractivity contribution in [2.45, 2.75) is 18.9 Å². The third-order valence-electron chi connectivity index (χ3n) is 3.57. The first kappa shape index (κ1) is 17.5. The summed E-state index contributed by atoms with van der Waals surface area (Å²) < 4.78 is 4.42. The summed E-state index contributed by atoms with van der Waals surface area (Å²) in [5, 5.41) is 3.32. The third-order valence-corrected chi connectivity index (χ3v) is 4.00. The highest BCUT2D eigenvalue weighted by Crippen LogP contribution is 2.23. The van der Waals surface area contributed by atoms with Crippen LogP contribution >= 0.6 is 40.7 Å². The SMILES string of the molecule is Cl.Cl.Cn1c(=O)n(C2CCNCC2)c2ncc(Br)cc21. The van der Waals surface area contributed by atoms with E-state index < -0.39 is 0 Å². The van der Waals surface area contributed by atoms with E-state index in [4.69, 9.17) is 0 Å². The zero-order valence-corrected chi connectivity index (χ0v) is 14.2. The molecule has 0 spiro atoms. The zero-order valence-electron chi connectivity index (χ0n) is 11.0. The molecule has 20 heavy (non-hydrogen) atoms. The predicted molar refractivity (Wildman–Crippen MR) is 88.3 cm³/mol. The van der Waals surface area contributed by atoms with E-state index in [0.717, 1.165) is 41.6 Å². The van der Waals surface area contributed by atoms with Gasteiger partial charge in [-0.15, -0.1) is 24.8 Å². The van der Waals surface area contributed by atoms with Crippen LogP contribution in [0.3, 0.4) is 0 Å². The van der Waals surface area contributed by atoms with E-state index in [2.05, 4.69) is 26.2 Å². The van der Waals surface area contributed by atoms with Gasteiger partial charge in [0.05, 0.1) is 5.52 Å². The Balaban J connectivity index is 0.000001000. The Hall–Kier alpha value is -0.560. The van der Waals surface area contributed by atoms with Crippen LogP contribution in [-0.2, 0) is 7.05 Å². The summed E-state index contributed by atoms with van der Waals surface area (Å²) in [6, 6.07) is 2.21. The van der Waals surface area contributed by atoms with Gasteiger partial charge in [-0.25, -0.2) is 9.78 Å². The monoisotopic (exact) mass is 382 g/mol. The van der Waals surface area contributed by atoms with Gasteiger partial charge in [0.15, 0.2) is 5.65 Å². The highest BCUT2D eigenvalue weighted by molar-refractivity contribution is 9.10. The van der Waals surface area contributed by atoms with Crippen molar-refractivity contribution < 1.29 is 0 Å². The summed E-state index contributed by atoms with van der Waals surface area (Å²) in [6.07, 6.45) is 3.72. The second-order valence-corrected chi connectivity index (χ2v) is 5.60. The van der Waals surface area contributed by atoms with Crippen molar-refractivity contribution in [2.75, 3.05) is 13.1 Å². The van der Waals surface area contributed by atoms with Gasteiger partial charge >= 0.3 is 5.69 Å². The van der Waals surface area contributed by atoms with Crippen LogP contribution in [0.25, 0.3) is 11.2 Å². The van der Waals surface area contributed by atoms with Gasteiger partial charge in [-0.1, -0.05) is 0 Å². The molecular formula is C12H17BrCl2N4O. The number of nitrogens with one attached hydrogen (secondary N) is 1. The molecule has 0 bridgehead atoms. The summed E-state index contributed by atoms with van der Waals surface area (Å²) >= 11 is 3.40. The molecular weight excluding hydrogens is 367 g/mol. The van der Waals surface area contributed by atoms with Crippen molar-refractivity contribution in [2.24, 2.45) is 7.05 Å². The van der Waals surface area contributed by atoms with Crippen LogP contribution in [0, 0.1) is 0 Å². The van der Waals surface area contributed by atoms with Gasteiger partial charge in [-0.05, 0) is 47.9 Å². The lowest BCUT2D eigenvalue weighted by atomic mass is 10.1. The van der Waals surface area contributed by atoms with Gasteiger partial charge in [-0.3, -0.25) is 9.13 Å². The number of aryl methyl sites for hydroxylation is 1. The van der Waals surface area contributed by atoms with Crippen molar-refractivity contribution in [3.8, 4) is 0 Å². The fourth-order valence-electron chi connectivity index (χ4n) is 2.60. The largest absolute Gasteiger partial charge is 0.330 e. The molecule has 0 saturated carbocycles. The summed E-state index contributed by atoms with van der Waals surface area (Å²) in [6.45, 7) is 1.92. The zero-order chi connectivity index (χ0) is 12.7. The summed E-state index contributed by atoms with van der Waals surface area (Å²) in [5.74, 6) is 0. The molecule has 0 aliphatic carbocycles. The van der Waals surface area contributed by atoms with E-state index in [1.807, 2.05) is 10.6 Å². The smallest absolute Gasteiger partial charge is 0.317 e.